The van der Waals surface area contributed by atoms with E-state index in [2.05, 4.69) is 13.8 Å². The summed E-state index contributed by atoms with van der Waals surface area (Å²) in [6.07, 6.45) is 4.72. The van der Waals surface area contributed by atoms with E-state index < -0.39 is 10.0 Å². The topological polar surface area (TPSA) is 42.3 Å². The van der Waals surface area contributed by atoms with Gasteiger partial charge in [0, 0.05) is 31.0 Å². The Bertz CT molecular complexity index is 582. The SMILES string of the molecule is CCCn1cc(S(=O)(=O)N2CCCC(C)C2C)cc1CCl. The molecule has 120 valence electrons. The first-order valence-corrected chi connectivity index (χ1v) is 9.66. The molecule has 1 fully saturated rings. The molecule has 1 saturated heterocycles. The molecule has 0 radical (unpaired) electrons. The van der Waals surface area contributed by atoms with Crippen LogP contribution >= 0.6 is 11.6 Å². The molecule has 2 heterocycles. The van der Waals surface area contributed by atoms with Gasteiger partial charge in [0.25, 0.3) is 0 Å². The van der Waals surface area contributed by atoms with Gasteiger partial charge in [-0.05, 0) is 38.2 Å². The maximum absolute atomic E-state index is 12.9. The van der Waals surface area contributed by atoms with Gasteiger partial charge in [-0.25, -0.2) is 8.42 Å². The van der Waals surface area contributed by atoms with Crippen LogP contribution in [0.2, 0.25) is 0 Å². The molecule has 2 unspecified atom stereocenters. The van der Waals surface area contributed by atoms with E-state index in [0.29, 0.717) is 23.2 Å². The van der Waals surface area contributed by atoms with Crippen molar-refractivity contribution in [3.05, 3.63) is 18.0 Å². The molecule has 4 nitrogen and oxygen atoms in total. The number of hydrogen-bond donors (Lipinski definition) is 0. The molecule has 0 saturated carbocycles. The molecule has 0 amide bonds. The fraction of sp³-hybridized carbons (Fsp3) is 0.733. The van der Waals surface area contributed by atoms with Gasteiger partial charge in [-0.2, -0.15) is 4.31 Å². The van der Waals surface area contributed by atoms with Crippen LogP contribution in [0.5, 0.6) is 0 Å². The van der Waals surface area contributed by atoms with Gasteiger partial charge in [0.15, 0.2) is 0 Å². The smallest absolute Gasteiger partial charge is 0.244 e. The zero-order valence-electron chi connectivity index (χ0n) is 13.0. The highest BCUT2D eigenvalue weighted by Crippen LogP contribution is 2.29. The number of sulfonamides is 1. The van der Waals surface area contributed by atoms with Crippen molar-refractivity contribution in [2.24, 2.45) is 5.92 Å². The summed E-state index contributed by atoms with van der Waals surface area (Å²) in [5, 5.41) is 0. The van der Waals surface area contributed by atoms with Crippen LogP contribution in [0.25, 0.3) is 0 Å². The Labute approximate surface area is 133 Å². The highest BCUT2D eigenvalue weighted by Gasteiger charge is 2.35. The normalized spacial score (nSPS) is 24.4. The van der Waals surface area contributed by atoms with Gasteiger partial charge in [0.1, 0.15) is 4.90 Å². The summed E-state index contributed by atoms with van der Waals surface area (Å²) in [5.41, 5.74) is 0.870. The van der Waals surface area contributed by atoms with Crippen LogP contribution in [-0.2, 0) is 22.4 Å². The van der Waals surface area contributed by atoms with Crippen LogP contribution in [0, 0.1) is 5.92 Å². The van der Waals surface area contributed by atoms with Gasteiger partial charge < -0.3 is 4.57 Å². The zero-order valence-corrected chi connectivity index (χ0v) is 14.6. The second-order valence-electron chi connectivity index (χ2n) is 5.97. The van der Waals surface area contributed by atoms with Gasteiger partial charge in [-0.15, -0.1) is 11.6 Å². The average molecular weight is 333 g/mol. The molecule has 6 heteroatoms. The Morgan fingerprint density at radius 1 is 1.38 bits per heavy atom. The van der Waals surface area contributed by atoms with Crippen molar-refractivity contribution < 1.29 is 8.42 Å². The summed E-state index contributed by atoms with van der Waals surface area (Å²) in [7, 11) is -3.42. The number of rotatable bonds is 5. The third-order valence-corrected chi connectivity index (χ3v) is 6.71. The van der Waals surface area contributed by atoms with Gasteiger partial charge in [0.05, 0.1) is 5.88 Å². The van der Waals surface area contributed by atoms with Crippen molar-refractivity contribution in [2.45, 2.75) is 63.4 Å². The summed E-state index contributed by atoms with van der Waals surface area (Å²) in [6.45, 7) is 7.61. The van der Waals surface area contributed by atoms with Gasteiger partial charge in [0.2, 0.25) is 10.0 Å². The van der Waals surface area contributed by atoms with Crippen LogP contribution < -0.4 is 0 Å². The van der Waals surface area contributed by atoms with E-state index in [1.807, 2.05) is 11.5 Å². The Balaban J connectivity index is 2.35. The van der Waals surface area contributed by atoms with Crippen molar-refractivity contribution in [3.8, 4) is 0 Å². The molecular weight excluding hydrogens is 308 g/mol. The van der Waals surface area contributed by atoms with Crippen LogP contribution in [0.1, 0.15) is 45.7 Å². The fourth-order valence-electron chi connectivity index (χ4n) is 3.00. The quantitative estimate of drug-likeness (QED) is 0.775. The predicted molar refractivity (Wildman–Crippen MR) is 86.0 cm³/mol. The van der Waals surface area contributed by atoms with E-state index in [1.165, 1.54) is 0 Å². The first kappa shape index (κ1) is 16.8. The molecule has 21 heavy (non-hydrogen) atoms. The van der Waals surface area contributed by atoms with Gasteiger partial charge in [-0.1, -0.05) is 13.8 Å². The van der Waals surface area contributed by atoms with Crippen LogP contribution in [0.15, 0.2) is 17.2 Å². The van der Waals surface area contributed by atoms with Crippen molar-refractivity contribution in [3.63, 3.8) is 0 Å². The Kier molecular flexibility index (Phi) is 5.38. The number of hydrogen-bond acceptors (Lipinski definition) is 2. The average Bonchev–Trinajstić information content (AvgIpc) is 2.86. The molecular formula is C15H25ClN2O2S. The summed E-state index contributed by atoms with van der Waals surface area (Å²) in [6, 6.07) is 1.78. The monoisotopic (exact) mass is 332 g/mol. The lowest BCUT2D eigenvalue weighted by atomic mass is 9.94. The number of aromatic nitrogens is 1. The van der Waals surface area contributed by atoms with Crippen LogP contribution in [-0.4, -0.2) is 29.9 Å². The third kappa shape index (κ3) is 3.30. The molecule has 2 atom stereocenters. The van der Waals surface area contributed by atoms with E-state index in [0.717, 1.165) is 31.5 Å². The molecule has 1 aromatic rings. The molecule has 0 N–H and O–H groups in total. The summed E-state index contributed by atoms with van der Waals surface area (Å²) < 4.78 is 29.4. The summed E-state index contributed by atoms with van der Waals surface area (Å²) in [5.74, 6) is 0.736. The number of halogens is 1. The number of aryl methyl sites for hydroxylation is 1. The van der Waals surface area contributed by atoms with Crippen molar-refractivity contribution in [2.75, 3.05) is 6.54 Å². The lowest BCUT2D eigenvalue weighted by Gasteiger charge is -2.36. The molecule has 1 aliphatic heterocycles. The molecule has 0 bridgehead atoms. The van der Waals surface area contributed by atoms with Crippen molar-refractivity contribution in [1.29, 1.82) is 0 Å². The van der Waals surface area contributed by atoms with E-state index in [1.54, 1.807) is 16.6 Å². The first-order valence-electron chi connectivity index (χ1n) is 7.68. The minimum Gasteiger partial charge on any atom is -0.349 e. The highest BCUT2D eigenvalue weighted by atomic mass is 35.5. The summed E-state index contributed by atoms with van der Waals surface area (Å²) in [4.78, 5) is 0.382. The minimum atomic E-state index is -3.42. The molecule has 0 spiro atoms. The largest absolute Gasteiger partial charge is 0.349 e. The predicted octanol–water partition coefficient (Wildman–Crippen LogP) is 3.45. The standard InChI is InChI=1S/C15H25ClN2O2S/c1-4-7-17-11-15(9-14(17)10-16)21(19,20)18-8-5-6-12(2)13(18)3/h9,11-13H,4-8,10H2,1-3H3. The Hall–Kier alpha value is -0.520. The van der Waals surface area contributed by atoms with Crippen LogP contribution in [0.4, 0.5) is 0 Å². The lowest BCUT2D eigenvalue weighted by molar-refractivity contribution is 0.202. The van der Waals surface area contributed by atoms with E-state index in [-0.39, 0.29) is 6.04 Å². The molecule has 2 rings (SSSR count). The minimum absolute atomic E-state index is 0.0535. The fourth-order valence-corrected chi connectivity index (χ4v) is 5.06. The second-order valence-corrected chi connectivity index (χ2v) is 8.13. The number of piperidine rings is 1. The van der Waals surface area contributed by atoms with E-state index in [9.17, 15) is 8.42 Å². The maximum Gasteiger partial charge on any atom is 0.244 e. The Morgan fingerprint density at radius 2 is 2.10 bits per heavy atom. The molecule has 0 aromatic carbocycles. The maximum atomic E-state index is 12.9. The first-order chi connectivity index (χ1) is 9.91. The molecule has 0 aliphatic carbocycles. The Morgan fingerprint density at radius 3 is 2.71 bits per heavy atom. The molecule has 1 aliphatic rings. The van der Waals surface area contributed by atoms with E-state index >= 15 is 0 Å². The highest BCUT2D eigenvalue weighted by molar-refractivity contribution is 7.89. The van der Waals surface area contributed by atoms with E-state index in [4.69, 9.17) is 11.6 Å². The van der Waals surface area contributed by atoms with Crippen LogP contribution in [0.3, 0.4) is 0 Å². The second kappa shape index (κ2) is 6.71. The molecule has 1 aromatic heterocycles. The summed E-state index contributed by atoms with van der Waals surface area (Å²) >= 11 is 5.94. The number of alkyl halides is 1. The number of nitrogens with zero attached hydrogens (tertiary/aromatic N) is 2. The lowest BCUT2D eigenvalue weighted by Crippen LogP contribution is -2.45. The van der Waals surface area contributed by atoms with Crippen molar-refractivity contribution in [1.82, 2.24) is 8.87 Å². The van der Waals surface area contributed by atoms with Crippen molar-refractivity contribution >= 4 is 21.6 Å². The third-order valence-electron chi connectivity index (χ3n) is 4.48. The zero-order chi connectivity index (χ0) is 15.6. The van der Waals surface area contributed by atoms with Gasteiger partial charge in [-0.3, -0.25) is 0 Å². The van der Waals surface area contributed by atoms with Gasteiger partial charge >= 0.3 is 0 Å².